The standard InChI is InChI=1S/C41H28N2O/c1-25-39(26(2)43(42-25)30-14-4-3-5-15-30)41-34-18-10-8-16-32(34)40(33-17-9-11-19-35(33)41)29-20-21-31-36-22-27-12-6-7-13-28(27)23-38(36)44-37(31)24-29/h3-24H,1-2H3. The summed E-state index contributed by atoms with van der Waals surface area (Å²) in [5, 5.41) is 14.6. The van der Waals surface area contributed by atoms with Crippen LogP contribution in [0.5, 0.6) is 0 Å². The number of fused-ring (bicyclic) bond motifs is 6. The van der Waals surface area contributed by atoms with Crippen LogP contribution in [0.15, 0.2) is 138 Å². The summed E-state index contributed by atoms with van der Waals surface area (Å²) in [5.74, 6) is 0. The van der Waals surface area contributed by atoms with Crippen LogP contribution in [0.1, 0.15) is 11.4 Å². The van der Waals surface area contributed by atoms with E-state index in [9.17, 15) is 0 Å². The van der Waals surface area contributed by atoms with E-state index in [1.165, 1.54) is 49.0 Å². The summed E-state index contributed by atoms with van der Waals surface area (Å²) in [4.78, 5) is 0. The molecule has 0 spiro atoms. The van der Waals surface area contributed by atoms with Crippen molar-refractivity contribution in [3.8, 4) is 27.9 Å². The van der Waals surface area contributed by atoms with E-state index in [0.717, 1.165) is 44.6 Å². The topological polar surface area (TPSA) is 31.0 Å². The van der Waals surface area contributed by atoms with Gasteiger partial charge in [0.15, 0.2) is 0 Å². The number of furan rings is 1. The molecule has 9 rings (SSSR count). The highest BCUT2D eigenvalue weighted by Gasteiger charge is 2.22. The third-order valence-corrected chi connectivity index (χ3v) is 9.10. The predicted octanol–water partition coefficient (Wildman–Crippen LogP) is 11.2. The summed E-state index contributed by atoms with van der Waals surface area (Å²) < 4.78 is 8.58. The van der Waals surface area contributed by atoms with Crippen LogP contribution in [0.25, 0.3) is 82.2 Å². The number of nitrogens with zero attached hydrogens (tertiary/aromatic N) is 2. The number of aryl methyl sites for hydroxylation is 1. The second-order valence-electron chi connectivity index (χ2n) is 11.6. The van der Waals surface area contributed by atoms with Gasteiger partial charge in [0.05, 0.1) is 11.4 Å². The maximum Gasteiger partial charge on any atom is 0.136 e. The highest BCUT2D eigenvalue weighted by Crippen LogP contribution is 2.46. The molecule has 0 unspecified atom stereocenters. The van der Waals surface area contributed by atoms with Gasteiger partial charge >= 0.3 is 0 Å². The molecule has 2 heterocycles. The third-order valence-electron chi connectivity index (χ3n) is 9.10. The normalized spacial score (nSPS) is 11.9. The highest BCUT2D eigenvalue weighted by molar-refractivity contribution is 6.22. The van der Waals surface area contributed by atoms with E-state index in [1.807, 2.05) is 6.07 Å². The molecule has 44 heavy (non-hydrogen) atoms. The summed E-state index contributed by atoms with van der Waals surface area (Å²) in [5.41, 5.74) is 9.83. The molecule has 0 aliphatic carbocycles. The van der Waals surface area contributed by atoms with Gasteiger partial charge in [-0.3, -0.25) is 0 Å². The molecule has 0 amide bonds. The molecule has 9 aromatic rings. The van der Waals surface area contributed by atoms with Crippen molar-refractivity contribution in [2.75, 3.05) is 0 Å². The second kappa shape index (κ2) is 9.42. The number of hydrogen-bond donors (Lipinski definition) is 0. The highest BCUT2D eigenvalue weighted by atomic mass is 16.3. The summed E-state index contributed by atoms with van der Waals surface area (Å²) >= 11 is 0. The van der Waals surface area contributed by atoms with E-state index in [2.05, 4.69) is 146 Å². The Morgan fingerprint density at radius 1 is 0.477 bits per heavy atom. The molecule has 0 N–H and O–H groups in total. The Bertz CT molecular complexity index is 2510. The van der Waals surface area contributed by atoms with E-state index in [1.54, 1.807) is 0 Å². The minimum atomic E-state index is 0.904. The molecule has 0 atom stereocenters. The van der Waals surface area contributed by atoms with Gasteiger partial charge in [-0.15, -0.1) is 0 Å². The van der Waals surface area contributed by atoms with Crippen molar-refractivity contribution in [3.05, 3.63) is 145 Å². The van der Waals surface area contributed by atoms with E-state index < -0.39 is 0 Å². The molecular formula is C41H28N2O. The first-order valence-corrected chi connectivity index (χ1v) is 15.1. The molecule has 208 valence electrons. The molecule has 0 saturated heterocycles. The lowest BCUT2D eigenvalue weighted by molar-refractivity contribution is 0.669. The number of aromatic nitrogens is 2. The Hall–Kier alpha value is -5.67. The first kappa shape index (κ1) is 24.9. The number of para-hydroxylation sites is 1. The molecule has 0 radical (unpaired) electrons. The molecular weight excluding hydrogens is 536 g/mol. The zero-order chi connectivity index (χ0) is 29.4. The minimum absolute atomic E-state index is 0.904. The monoisotopic (exact) mass is 564 g/mol. The average molecular weight is 565 g/mol. The van der Waals surface area contributed by atoms with Crippen LogP contribution in [0.4, 0.5) is 0 Å². The molecule has 0 aliphatic rings. The fourth-order valence-corrected chi connectivity index (χ4v) is 7.15. The Morgan fingerprint density at radius 3 is 1.73 bits per heavy atom. The van der Waals surface area contributed by atoms with Crippen LogP contribution >= 0.6 is 0 Å². The minimum Gasteiger partial charge on any atom is -0.456 e. The van der Waals surface area contributed by atoms with Crippen molar-refractivity contribution < 1.29 is 4.42 Å². The molecule has 0 bridgehead atoms. The summed E-state index contributed by atoms with van der Waals surface area (Å²) in [7, 11) is 0. The lowest BCUT2D eigenvalue weighted by Gasteiger charge is -2.18. The van der Waals surface area contributed by atoms with Crippen LogP contribution in [0, 0.1) is 13.8 Å². The van der Waals surface area contributed by atoms with Gasteiger partial charge in [0.1, 0.15) is 11.2 Å². The van der Waals surface area contributed by atoms with Crippen molar-refractivity contribution in [2.24, 2.45) is 0 Å². The van der Waals surface area contributed by atoms with Gasteiger partial charge in [0.2, 0.25) is 0 Å². The van der Waals surface area contributed by atoms with Crippen LogP contribution in [-0.2, 0) is 0 Å². The molecule has 0 aliphatic heterocycles. The van der Waals surface area contributed by atoms with E-state index in [0.29, 0.717) is 0 Å². The van der Waals surface area contributed by atoms with Crippen LogP contribution in [0.2, 0.25) is 0 Å². The largest absolute Gasteiger partial charge is 0.456 e. The van der Waals surface area contributed by atoms with Gasteiger partial charge in [-0.2, -0.15) is 5.10 Å². The maximum absolute atomic E-state index is 6.51. The summed E-state index contributed by atoms with van der Waals surface area (Å²) in [6.07, 6.45) is 0. The third kappa shape index (κ3) is 3.59. The zero-order valence-corrected chi connectivity index (χ0v) is 24.5. The average Bonchev–Trinajstić information content (AvgIpc) is 3.57. The Labute approximate surface area is 254 Å². The second-order valence-corrected chi connectivity index (χ2v) is 11.6. The molecule has 0 fully saturated rings. The smallest absolute Gasteiger partial charge is 0.136 e. The van der Waals surface area contributed by atoms with Gasteiger partial charge in [0, 0.05) is 27.6 Å². The van der Waals surface area contributed by atoms with Crippen molar-refractivity contribution in [2.45, 2.75) is 13.8 Å². The van der Waals surface area contributed by atoms with Gasteiger partial charge in [0.25, 0.3) is 0 Å². The maximum atomic E-state index is 6.51. The Morgan fingerprint density at radius 2 is 1.05 bits per heavy atom. The molecule has 0 saturated carbocycles. The zero-order valence-electron chi connectivity index (χ0n) is 24.5. The van der Waals surface area contributed by atoms with Crippen molar-refractivity contribution >= 4 is 54.3 Å². The van der Waals surface area contributed by atoms with Gasteiger partial charge in [-0.05, 0) is 93.7 Å². The fraction of sp³-hybridized carbons (Fsp3) is 0.0488. The molecule has 3 nitrogen and oxygen atoms in total. The van der Waals surface area contributed by atoms with E-state index >= 15 is 0 Å². The van der Waals surface area contributed by atoms with Crippen LogP contribution in [-0.4, -0.2) is 9.78 Å². The summed E-state index contributed by atoms with van der Waals surface area (Å²) in [6.45, 7) is 4.30. The number of hydrogen-bond acceptors (Lipinski definition) is 2. The lowest BCUT2D eigenvalue weighted by Crippen LogP contribution is -1.98. The van der Waals surface area contributed by atoms with Crippen molar-refractivity contribution in [1.29, 1.82) is 0 Å². The van der Waals surface area contributed by atoms with Crippen LogP contribution < -0.4 is 0 Å². The van der Waals surface area contributed by atoms with Crippen molar-refractivity contribution in [3.63, 3.8) is 0 Å². The van der Waals surface area contributed by atoms with Gasteiger partial charge < -0.3 is 4.42 Å². The number of rotatable bonds is 3. The quantitative estimate of drug-likeness (QED) is 0.200. The van der Waals surface area contributed by atoms with E-state index in [-0.39, 0.29) is 0 Å². The lowest BCUT2D eigenvalue weighted by atomic mass is 9.85. The van der Waals surface area contributed by atoms with Gasteiger partial charge in [-0.25, -0.2) is 4.68 Å². The first-order chi connectivity index (χ1) is 21.7. The van der Waals surface area contributed by atoms with Crippen LogP contribution in [0.3, 0.4) is 0 Å². The molecule has 2 aromatic heterocycles. The van der Waals surface area contributed by atoms with Gasteiger partial charge in [-0.1, -0.05) is 97.1 Å². The van der Waals surface area contributed by atoms with Crippen molar-refractivity contribution in [1.82, 2.24) is 9.78 Å². The SMILES string of the molecule is Cc1nn(-c2ccccc2)c(C)c1-c1c2ccccc2c(-c2ccc3c(c2)oc2cc4ccccc4cc23)c2ccccc12. The molecule has 3 heteroatoms. The summed E-state index contributed by atoms with van der Waals surface area (Å²) in [6, 6.07) is 47.5. The first-order valence-electron chi connectivity index (χ1n) is 15.1. The Balaban J connectivity index is 1.33. The van der Waals surface area contributed by atoms with E-state index in [4.69, 9.17) is 9.52 Å². The molecule has 7 aromatic carbocycles. The Kier molecular flexibility index (Phi) is 5.33. The fourth-order valence-electron chi connectivity index (χ4n) is 7.15. The number of benzene rings is 7. The predicted molar refractivity (Wildman–Crippen MR) is 184 cm³/mol.